The summed E-state index contributed by atoms with van der Waals surface area (Å²) in [4.78, 5) is 42.0. The second-order valence-electron chi connectivity index (χ2n) is 14.9. The van der Waals surface area contributed by atoms with Crippen LogP contribution in [-0.2, 0) is 36.5 Å². The molecule has 3 aromatic rings. The van der Waals surface area contributed by atoms with Gasteiger partial charge in [-0.15, -0.1) is 5.10 Å². The van der Waals surface area contributed by atoms with Gasteiger partial charge >= 0.3 is 5.97 Å². The number of nitrogens with zero attached hydrogens (tertiary/aromatic N) is 7. The van der Waals surface area contributed by atoms with Gasteiger partial charge in [0.2, 0.25) is 5.16 Å². The van der Waals surface area contributed by atoms with E-state index >= 15 is 0 Å². The van der Waals surface area contributed by atoms with Gasteiger partial charge in [0.1, 0.15) is 18.1 Å². The molecule has 3 heterocycles. The molecule has 2 aliphatic heterocycles. The lowest BCUT2D eigenvalue weighted by Crippen LogP contribution is -2.37. The zero-order valence-electron chi connectivity index (χ0n) is 32.3. The van der Waals surface area contributed by atoms with Crippen molar-refractivity contribution >= 4 is 46.8 Å². The van der Waals surface area contributed by atoms with E-state index in [9.17, 15) is 14.4 Å². The van der Waals surface area contributed by atoms with Crippen LogP contribution in [0.3, 0.4) is 0 Å². The number of hydrogen-bond donors (Lipinski definition) is 1. The van der Waals surface area contributed by atoms with Gasteiger partial charge in [-0.25, -0.2) is 4.68 Å². The lowest BCUT2D eigenvalue weighted by molar-refractivity contribution is -0.144. The maximum Gasteiger partial charge on any atom is 0.327 e. The number of amidine groups is 1. The second-order valence-corrected chi connectivity index (χ2v) is 15.9. The van der Waals surface area contributed by atoms with E-state index in [2.05, 4.69) is 79.4 Å². The number of carbonyl (C=O) groups excluding carboxylic acids is 3. The Kier molecular flexibility index (Phi) is 12.8. The molecule has 1 saturated heterocycles. The highest BCUT2D eigenvalue weighted by atomic mass is 32.2. The lowest BCUT2D eigenvalue weighted by atomic mass is 9.76. The van der Waals surface area contributed by atoms with Gasteiger partial charge in [0, 0.05) is 24.3 Å². The minimum atomic E-state index is -0.712. The number of benzene rings is 2. The van der Waals surface area contributed by atoms with Gasteiger partial charge in [0.05, 0.1) is 12.3 Å². The molecule has 0 aliphatic carbocycles. The molecule has 2 unspecified atom stereocenters. The number of tetrazole rings is 1. The molecular formula is C39H54N8O5S. The van der Waals surface area contributed by atoms with Crippen LogP contribution in [0.25, 0.3) is 0 Å². The number of nitrogens with one attached hydrogen (secondary N) is 1. The van der Waals surface area contributed by atoms with Crippen LogP contribution in [-0.4, -0.2) is 79.8 Å². The van der Waals surface area contributed by atoms with Crippen LogP contribution in [0, 0.1) is 0 Å². The van der Waals surface area contributed by atoms with Crippen LogP contribution in [0.15, 0.2) is 52.7 Å². The first-order valence-corrected chi connectivity index (χ1v) is 19.7. The van der Waals surface area contributed by atoms with Gasteiger partial charge in [0.15, 0.2) is 11.4 Å². The molecule has 1 fully saturated rings. The van der Waals surface area contributed by atoms with Gasteiger partial charge < -0.3 is 19.7 Å². The van der Waals surface area contributed by atoms with Crippen molar-refractivity contribution in [1.82, 2.24) is 25.1 Å². The molecule has 14 heteroatoms. The Balaban J connectivity index is 1.30. The van der Waals surface area contributed by atoms with Crippen molar-refractivity contribution in [2.75, 3.05) is 30.0 Å². The summed E-state index contributed by atoms with van der Waals surface area (Å²) in [6, 6.07) is 13.4. The van der Waals surface area contributed by atoms with E-state index in [1.54, 1.807) is 24.3 Å². The number of thioether (sulfide) groups is 1. The summed E-state index contributed by atoms with van der Waals surface area (Å²) in [6.07, 6.45) is 4.42. The molecule has 0 radical (unpaired) electrons. The maximum atomic E-state index is 14.0. The van der Waals surface area contributed by atoms with Gasteiger partial charge in [-0.05, 0) is 95.7 Å². The molecule has 1 N–H and O–H groups in total. The zero-order valence-corrected chi connectivity index (χ0v) is 33.2. The molecule has 2 atom stereocenters. The first-order chi connectivity index (χ1) is 25.3. The quantitative estimate of drug-likeness (QED) is 0.157. The van der Waals surface area contributed by atoms with Crippen molar-refractivity contribution in [3.05, 3.63) is 53.6 Å². The third-order valence-electron chi connectivity index (χ3n) is 10.3. The fourth-order valence-electron chi connectivity index (χ4n) is 6.12. The standard InChI is InChI=1S/C39H54N8O5S/c1-9-23-51-32(48)25-46-37(41-43-44-46)53-33-34(45-21-13-14-22-45)42-47(36(33)50)28-18-16-27(17-19-28)40-35(49)30(10-2)52-31-20-15-26(38(5,6)11-3)24-29(31)39(7,8)12-4/h15-20,24,30,33H,9-14,21-23,25H2,1-8H3,(H,40,49). The van der Waals surface area contributed by atoms with E-state index in [-0.39, 0.29) is 29.2 Å². The monoisotopic (exact) mass is 746 g/mol. The molecular weight excluding hydrogens is 693 g/mol. The molecule has 2 amide bonds. The first kappa shape index (κ1) is 39.7. The summed E-state index contributed by atoms with van der Waals surface area (Å²) in [5, 5.41) is 20.6. The van der Waals surface area contributed by atoms with E-state index in [0.29, 0.717) is 41.8 Å². The fraction of sp³-hybridized carbons (Fsp3) is 0.564. The minimum Gasteiger partial charge on any atom is -0.480 e. The number of carbonyl (C=O) groups is 3. The smallest absolute Gasteiger partial charge is 0.327 e. The Morgan fingerprint density at radius 2 is 1.68 bits per heavy atom. The Labute approximate surface area is 317 Å². The van der Waals surface area contributed by atoms with E-state index in [1.807, 2.05) is 19.9 Å². The average Bonchev–Trinajstić information content (AvgIpc) is 3.91. The van der Waals surface area contributed by atoms with E-state index in [4.69, 9.17) is 14.6 Å². The zero-order chi connectivity index (χ0) is 38.3. The fourth-order valence-corrected chi connectivity index (χ4v) is 7.14. The second kappa shape index (κ2) is 17.1. The predicted octanol–water partition coefficient (Wildman–Crippen LogP) is 6.71. The minimum absolute atomic E-state index is 0.0225. The van der Waals surface area contributed by atoms with Crippen LogP contribution < -0.4 is 15.1 Å². The van der Waals surface area contributed by atoms with Crippen molar-refractivity contribution in [1.29, 1.82) is 0 Å². The number of ether oxygens (including phenoxy) is 2. The van der Waals surface area contributed by atoms with Crippen molar-refractivity contribution in [2.45, 2.75) is 128 Å². The molecule has 1 aromatic heterocycles. The van der Waals surface area contributed by atoms with Crippen molar-refractivity contribution < 1.29 is 23.9 Å². The lowest BCUT2D eigenvalue weighted by Gasteiger charge is -2.31. The summed E-state index contributed by atoms with van der Waals surface area (Å²) in [7, 11) is 0. The van der Waals surface area contributed by atoms with Gasteiger partial charge in [0.25, 0.3) is 11.8 Å². The number of esters is 1. The maximum absolute atomic E-state index is 14.0. The molecule has 0 spiro atoms. The number of likely N-dealkylation sites (tertiary alicyclic amines) is 1. The number of hydrogen-bond acceptors (Lipinski definition) is 11. The summed E-state index contributed by atoms with van der Waals surface area (Å²) in [5.74, 6) is 0.390. The average molecular weight is 747 g/mol. The van der Waals surface area contributed by atoms with E-state index < -0.39 is 17.3 Å². The molecule has 2 aromatic carbocycles. The Morgan fingerprint density at radius 3 is 2.32 bits per heavy atom. The third kappa shape index (κ3) is 9.20. The molecule has 13 nitrogen and oxygen atoms in total. The summed E-state index contributed by atoms with van der Waals surface area (Å²) in [6.45, 7) is 18.9. The molecule has 53 heavy (non-hydrogen) atoms. The highest BCUT2D eigenvalue weighted by molar-refractivity contribution is 8.01. The highest BCUT2D eigenvalue weighted by Crippen LogP contribution is 2.39. The number of amides is 2. The first-order valence-electron chi connectivity index (χ1n) is 18.8. The number of hydrazone groups is 1. The summed E-state index contributed by atoms with van der Waals surface area (Å²) >= 11 is 1.16. The number of aromatic nitrogens is 4. The number of anilines is 2. The van der Waals surface area contributed by atoms with Gasteiger partial charge in [-0.1, -0.05) is 79.3 Å². The SMILES string of the molecule is CCCOC(=O)Cn1nnnc1SC1C(=O)N(c2ccc(NC(=O)C(CC)Oc3ccc(C(C)(C)CC)cc3C(C)(C)CC)cc2)N=C1N1CCCC1. The van der Waals surface area contributed by atoms with E-state index in [1.165, 1.54) is 15.3 Å². The van der Waals surface area contributed by atoms with Crippen LogP contribution in [0.1, 0.15) is 105 Å². The normalized spacial score (nSPS) is 16.9. The van der Waals surface area contributed by atoms with Crippen LogP contribution >= 0.6 is 11.8 Å². The molecule has 0 saturated carbocycles. The highest BCUT2D eigenvalue weighted by Gasteiger charge is 2.42. The molecule has 286 valence electrons. The van der Waals surface area contributed by atoms with Crippen molar-refractivity contribution in [2.24, 2.45) is 5.10 Å². The molecule has 2 aliphatic rings. The van der Waals surface area contributed by atoms with Crippen LogP contribution in [0.5, 0.6) is 5.75 Å². The molecule has 0 bridgehead atoms. The largest absolute Gasteiger partial charge is 0.480 e. The Bertz CT molecular complexity index is 1780. The Hall–Kier alpha value is -4.46. The van der Waals surface area contributed by atoms with Gasteiger partial charge in [-0.2, -0.15) is 10.1 Å². The van der Waals surface area contributed by atoms with Crippen LogP contribution in [0.2, 0.25) is 0 Å². The topological polar surface area (TPSA) is 144 Å². The van der Waals surface area contributed by atoms with E-state index in [0.717, 1.165) is 61.8 Å². The van der Waals surface area contributed by atoms with Crippen molar-refractivity contribution in [3.63, 3.8) is 0 Å². The Morgan fingerprint density at radius 1 is 0.981 bits per heavy atom. The van der Waals surface area contributed by atoms with Crippen LogP contribution in [0.4, 0.5) is 11.4 Å². The number of rotatable bonds is 16. The third-order valence-corrected chi connectivity index (χ3v) is 11.5. The van der Waals surface area contributed by atoms with Gasteiger partial charge in [-0.3, -0.25) is 14.4 Å². The summed E-state index contributed by atoms with van der Waals surface area (Å²) < 4.78 is 13.0. The predicted molar refractivity (Wildman–Crippen MR) is 207 cm³/mol. The van der Waals surface area contributed by atoms with Crippen molar-refractivity contribution in [3.8, 4) is 5.75 Å². The summed E-state index contributed by atoms with van der Waals surface area (Å²) in [5.41, 5.74) is 3.36. The molecule has 5 rings (SSSR count).